The fourth-order valence-electron chi connectivity index (χ4n) is 5.12. The van der Waals surface area contributed by atoms with Gasteiger partial charge in [0.05, 0.1) is 0 Å². The monoisotopic (exact) mass is 511 g/mol. The van der Waals surface area contributed by atoms with E-state index in [4.69, 9.17) is 4.99 Å². The Morgan fingerprint density at radius 2 is 1.66 bits per heavy atom. The average molecular weight is 512 g/mol. The third-order valence-corrected chi connectivity index (χ3v) is 7.45. The maximum absolute atomic E-state index is 5.16. The van der Waals surface area contributed by atoms with Crippen LogP contribution in [0.15, 0.2) is 65.7 Å². The normalized spacial score (nSPS) is 17.7. The van der Waals surface area contributed by atoms with Crippen molar-refractivity contribution in [2.45, 2.75) is 59.2 Å². The van der Waals surface area contributed by atoms with E-state index in [-0.39, 0.29) is 6.17 Å². The zero-order valence-corrected chi connectivity index (χ0v) is 24.0. The summed E-state index contributed by atoms with van der Waals surface area (Å²) < 4.78 is 2.27. The summed E-state index contributed by atoms with van der Waals surface area (Å²) in [7, 11) is 2.19. The van der Waals surface area contributed by atoms with Crippen molar-refractivity contribution in [1.29, 1.82) is 0 Å². The van der Waals surface area contributed by atoms with Crippen molar-refractivity contribution in [3.05, 3.63) is 87.8 Å². The molecule has 202 valence electrons. The summed E-state index contributed by atoms with van der Waals surface area (Å²) in [6.45, 7) is 17.7. The highest BCUT2D eigenvalue weighted by Gasteiger charge is 2.25. The van der Waals surface area contributed by atoms with Gasteiger partial charge in [-0.1, -0.05) is 50.8 Å². The van der Waals surface area contributed by atoms with Crippen LogP contribution < -0.4 is 26.3 Å². The molecule has 1 aliphatic carbocycles. The lowest BCUT2D eigenvalue weighted by atomic mass is 10.0. The van der Waals surface area contributed by atoms with E-state index in [1.807, 2.05) is 13.8 Å². The SMILES string of the molecule is C=c1ccc(=C/C)/c(=N\C(C)Nc2ccc(N3CCN(C)CC3)cc2)n1Cc1ccccc1C1CC1.CC. The zero-order valence-electron chi connectivity index (χ0n) is 24.0. The Kier molecular flexibility index (Phi) is 9.46. The minimum absolute atomic E-state index is 0.0788. The molecule has 2 aromatic carbocycles. The van der Waals surface area contributed by atoms with Crippen molar-refractivity contribution in [2.24, 2.45) is 4.99 Å². The Morgan fingerprint density at radius 1 is 0.974 bits per heavy atom. The molecule has 0 bridgehead atoms. The van der Waals surface area contributed by atoms with Crippen LogP contribution in [0.1, 0.15) is 57.6 Å². The van der Waals surface area contributed by atoms with E-state index in [1.165, 1.54) is 29.7 Å². The summed E-state index contributed by atoms with van der Waals surface area (Å²) in [5.41, 5.74) is 6.21. The Hall–Kier alpha value is -3.31. The number of rotatable bonds is 7. The van der Waals surface area contributed by atoms with E-state index in [2.05, 4.69) is 114 Å². The number of pyridine rings is 1. The van der Waals surface area contributed by atoms with Crippen LogP contribution in [0, 0.1) is 0 Å². The first-order valence-corrected chi connectivity index (χ1v) is 14.3. The second-order valence-electron chi connectivity index (χ2n) is 10.2. The number of hydrogen-bond donors (Lipinski definition) is 1. The molecule has 5 heteroatoms. The summed E-state index contributed by atoms with van der Waals surface area (Å²) in [5.74, 6) is 0.714. The molecule has 5 rings (SSSR count). The van der Waals surface area contributed by atoms with Crippen LogP contribution in [0.5, 0.6) is 0 Å². The zero-order chi connectivity index (χ0) is 27.1. The van der Waals surface area contributed by atoms with Gasteiger partial charge in [-0.3, -0.25) is 0 Å². The predicted octanol–water partition coefficient (Wildman–Crippen LogP) is 4.76. The average Bonchev–Trinajstić information content (AvgIpc) is 3.79. The van der Waals surface area contributed by atoms with Gasteiger partial charge < -0.3 is 19.7 Å². The van der Waals surface area contributed by atoms with Crippen molar-refractivity contribution in [3.8, 4) is 0 Å². The Bertz CT molecular complexity index is 1360. The molecule has 3 aromatic rings. The number of hydrogen-bond acceptors (Lipinski definition) is 4. The van der Waals surface area contributed by atoms with Crippen LogP contribution in [-0.4, -0.2) is 48.9 Å². The number of aromatic nitrogens is 1. The van der Waals surface area contributed by atoms with Gasteiger partial charge >= 0.3 is 0 Å². The number of likely N-dealkylation sites (N-methyl/N-ethyl adjacent to an activating group) is 1. The van der Waals surface area contributed by atoms with Crippen LogP contribution in [0.3, 0.4) is 0 Å². The summed E-state index contributed by atoms with van der Waals surface area (Å²) >= 11 is 0. The molecular weight excluding hydrogens is 466 g/mol. The molecule has 1 aromatic heterocycles. The van der Waals surface area contributed by atoms with Gasteiger partial charge in [-0.05, 0) is 87.2 Å². The third-order valence-electron chi connectivity index (χ3n) is 7.45. The van der Waals surface area contributed by atoms with E-state index in [0.717, 1.165) is 54.5 Å². The molecule has 2 heterocycles. The van der Waals surface area contributed by atoms with Crippen molar-refractivity contribution in [2.75, 3.05) is 43.4 Å². The van der Waals surface area contributed by atoms with Crippen LogP contribution >= 0.6 is 0 Å². The molecule has 1 unspecified atom stereocenters. The molecule has 5 nitrogen and oxygen atoms in total. The third kappa shape index (κ3) is 6.76. The van der Waals surface area contributed by atoms with Crippen LogP contribution in [0.25, 0.3) is 12.7 Å². The number of nitrogens with zero attached hydrogens (tertiary/aromatic N) is 4. The summed E-state index contributed by atoms with van der Waals surface area (Å²) in [5, 5.41) is 5.70. The van der Waals surface area contributed by atoms with E-state index >= 15 is 0 Å². The van der Waals surface area contributed by atoms with E-state index in [9.17, 15) is 0 Å². The topological polar surface area (TPSA) is 35.8 Å². The second-order valence-corrected chi connectivity index (χ2v) is 10.2. The van der Waals surface area contributed by atoms with Gasteiger partial charge in [0.15, 0.2) is 0 Å². The minimum Gasteiger partial charge on any atom is -0.369 e. The molecule has 1 saturated heterocycles. The molecular formula is C33H45N5. The maximum atomic E-state index is 5.16. The van der Waals surface area contributed by atoms with Crippen molar-refractivity contribution < 1.29 is 0 Å². The molecule has 1 atom stereocenters. The molecule has 0 amide bonds. The molecule has 1 aliphatic heterocycles. The van der Waals surface area contributed by atoms with E-state index in [1.54, 1.807) is 0 Å². The van der Waals surface area contributed by atoms with Gasteiger partial charge in [0, 0.05) is 54.7 Å². The largest absolute Gasteiger partial charge is 0.369 e. The molecule has 1 saturated carbocycles. The summed E-state index contributed by atoms with van der Waals surface area (Å²) in [6, 6.07) is 21.9. The first kappa shape index (κ1) is 27.7. The Labute approximate surface area is 228 Å². The van der Waals surface area contributed by atoms with Crippen LogP contribution in [-0.2, 0) is 6.54 Å². The standard InChI is InChI=1S/C31H39N5.C2H6/c1-5-25-11-10-23(2)36(22-27-8-6-7-9-30(27)26-12-13-26)31(25)33-24(3)32-28-14-16-29(17-15-28)35-20-18-34(4)19-21-35;1-2/h5-11,14-17,24,26,32H,2,12-13,18-22H2,1,3-4H3;1-2H3/b25-5-,33-31+;. The molecule has 0 radical (unpaired) electrons. The van der Waals surface area contributed by atoms with Gasteiger partial charge in [0.1, 0.15) is 11.7 Å². The van der Waals surface area contributed by atoms with E-state index in [0.29, 0.717) is 5.92 Å². The highest BCUT2D eigenvalue weighted by Crippen LogP contribution is 2.41. The second kappa shape index (κ2) is 13.0. The lowest BCUT2D eigenvalue weighted by Gasteiger charge is -2.34. The van der Waals surface area contributed by atoms with Gasteiger partial charge in [-0.2, -0.15) is 0 Å². The summed E-state index contributed by atoms with van der Waals surface area (Å²) in [4.78, 5) is 10.0. The molecule has 38 heavy (non-hydrogen) atoms. The van der Waals surface area contributed by atoms with Crippen molar-refractivity contribution in [3.63, 3.8) is 0 Å². The lowest BCUT2D eigenvalue weighted by molar-refractivity contribution is 0.313. The number of benzene rings is 2. The first-order valence-electron chi connectivity index (χ1n) is 14.3. The number of piperazine rings is 1. The van der Waals surface area contributed by atoms with Crippen LogP contribution in [0.4, 0.5) is 11.4 Å². The lowest BCUT2D eigenvalue weighted by Crippen LogP contribution is -2.44. The van der Waals surface area contributed by atoms with Gasteiger partial charge in [0.25, 0.3) is 0 Å². The quantitative estimate of drug-likeness (QED) is 0.497. The molecule has 2 fully saturated rings. The predicted molar refractivity (Wildman–Crippen MR) is 163 cm³/mol. The Balaban J connectivity index is 0.00000164. The number of nitrogens with one attached hydrogen (secondary N) is 1. The smallest absolute Gasteiger partial charge is 0.137 e. The highest BCUT2D eigenvalue weighted by atomic mass is 15.2. The molecule has 2 aliphatic rings. The summed E-state index contributed by atoms with van der Waals surface area (Å²) in [6.07, 6.45) is 4.66. The van der Waals surface area contributed by atoms with Crippen molar-refractivity contribution >= 4 is 24.0 Å². The Morgan fingerprint density at radius 3 is 2.32 bits per heavy atom. The highest BCUT2D eigenvalue weighted by molar-refractivity contribution is 5.55. The van der Waals surface area contributed by atoms with E-state index < -0.39 is 0 Å². The fraction of sp³-hybridized carbons (Fsp3) is 0.424. The first-order chi connectivity index (χ1) is 18.5. The van der Waals surface area contributed by atoms with Gasteiger partial charge in [0.2, 0.25) is 0 Å². The number of anilines is 2. The maximum Gasteiger partial charge on any atom is 0.137 e. The van der Waals surface area contributed by atoms with Gasteiger partial charge in [-0.15, -0.1) is 0 Å². The molecule has 0 spiro atoms. The van der Waals surface area contributed by atoms with Crippen molar-refractivity contribution in [1.82, 2.24) is 9.47 Å². The molecule has 1 N–H and O–H groups in total. The fourth-order valence-corrected chi connectivity index (χ4v) is 5.12. The van der Waals surface area contributed by atoms with Gasteiger partial charge in [-0.25, -0.2) is 4.99 Å². The minimum atomic E-state index is -0.0788. The van der Waals surface area contributed by atoms with Crippen LogP contribution in [0.2, 0.25) is 0 Å².